The highest BCUT2D eigenvalue weighted by Crippen LogP contribution is 2.67. The molecule has 0 aromatic carbocycles. The van der Waals surface area contributed by atoms with Crippen LogP contribution in [0.2, 0.25) is 0 Å². The van der Waals surface area contributed by atoms with E-state index in [4.69, 9.17) is 14.2 Å². The van der Waals surface area contributed by atoms with Crippen LogP contribution in [0.15, 0.2) is 22.8 Å². The van der Waals surface area contributed by atoms with Gasteiger partial charge in [0.2, 0.25) is 5.79 Å². The van der Waals surface area contributed by atoms with E-state index in [9.17, 15) is 10.4 Å². The maximum atomic E-state index is 12.1. The van der Waals surface area contributed by atoms with Gasteiger partial charge in [0, 0.05) is 19.4 Å². The fourth-order valence-electron chi connectivity index (χ4n) is 8.18. The molecule has 5 heteroatoms. The van der Waals surface area contributed by atoms with Gasteiger partial charge in [-0.2, -0.15) is 5.26 Å². The summed E-state index contributed by atoms with van der Waals surface area (Å²) in [5, 5.41) is 22.2. The van der Waals surface area contributed by atoms with Gasteiger partial charge in [-0.1, -0.05) is 25.5 Å². The molecule has 0 bridgehead atoms. The third-order valence-electron chi connectivity index (χ3n) is 10.2. The molecule has 0 radical (unpaired) electrons. The number of rotatable bonds is 4. The van der Waals surface area contributed by atoms with Gasteiger partial charge >= 0.3 is 0 Å². The lowest BCUT2D eigenvalue weighted by molar-refractivity contribution is -0.302. The molecule has 32 heavy (non-hydrogen) atoms. The van der Waals surface area contributed by atoms with Crippen LogP contribution in [-0.4, -0.2) is 42.4 Å². The van der Waals surface area contributed by atoms with Crippen LogP contribution in [-0.2, 0) is 14.2 Å². The Balaban J connectivity index is 1.54. The summed E-state index contributed by atoms with van der Waals surface area (Å²) in [6.07, 6.45) is 9.40. The van der Waals surface area contributed by atoms with Gasteiger partial charge in [0.25, 0.3) is 0 Å². The van der Waals surface area contributed by atoms with Gasteiger partial charge in [-0.05, 0) is 80.8 Å². The predicted molar refractivity (Wildman–Crippen MR) is 122 cm³/mol. The molecule has 6 atom stereocenters. The molecule has 176 valence electrons. The van der Waals surface area contributed by atoms with Crippen LogP contribution in [0.5, 0.6) is 0 Å². The van der Waals surface area contributed by atoms with E-state index in [0.717, 1.165) is 38.5 Å². The molecule has 5 aliphatic rings. The van der Waals surface area contributed by atoms with Crippen LogP contribution >= 0.6 is 0 Å². The van der Waals surface area contributed by atoms with E-state index in [1.54, 1.807) is 0 Å². The minimum atomic E-state index is -1.21. The smallest absolute Gasteiger partial charge is 0.204 e. The van der Waals surface area contributed by atoms with Crippen molar-refractivity contribution in [3.05, 3.63) is 22.8 Å². The Labute approximate surface area is 192 Å². The third kappa shape index (κ3) is 2.76. The average Bonchev–Trinajstić information content (AvgIpc) is 3.38. The first-order valence-electron chi connectivity index (χ1n) is 12.7. The van der Waals surface area contributed by atoms with Crippen molar-refractivity contribution in [2.24, 2.45) is 22.7 Å². The number of nitriles is 1. The lowest BCUT2D eigenvalue weighted by atomic mass is 9.52. The number of ether oxygens (including phenoxy) is 3. The first-order chi connectivity index (χ1) is 15.3. The maximum Gasteiger partial charge on any atom is 0.204 e. The molecule has 1 saturated carbocycles. The van der Waals surface area contributed by atoms with Crippen molar-refractivity contribution in [1.82, 2.24) is 0 Å². The number of fused-ring (bicyclic) bond motifs is 4. The van der Waals surface area contributed by atoms with E-state index in [2.05, 4.69) is 26.0 Å². The minimum Gasteiger partial charge on any atom is -0.381 e. The second-order valence-electron chi connectivity index (χ2n) is 11.0. The summed E-state index contributed by atoms with van der Waals surface area (Å²) in [7, 11) is 0. The second kappa shape index (κ2) is 7.67. The molecule has 1 heterocycles. The predicted octanol–water partition coefficient (Wildman–Crippen LogP) is 5.05. The number of allylic oxidation sites excluding steroid dienone is 2. The van der Waals surface area contributed by atoms with Crippen LogP contribution < -0.4 is 0 Å². The normalized spacial score (nSPS) is 43.3. The van der Waals surface area contributed by atoms with Gasteiger partial charge in [-0.15, -0.1) is 0 Å². The molecule has 5 rings (SSSR count). The standard InChI is InChI=1S/C27H39NO4/c1-5-25(17-28)12-10-23-21-8-7-19-15-27(31-13-14-32-27)26(29,18(3)30-6-2)16-22(19)20(21)9-11-24(23,25)4/h9,18,21,23,29H,5-8,10-16H2,1-4H3/t18?,21-,23+,24+,25-,26?/m1/s1. The first kappa shape index (κ1) is 22.6. The SMILES string of the molecule is CCOC(C)C1(O)CC2=C(CC[C@@H]3C2=CC[C@@]2(C)[C@H]3CC[C@@]2(C#N)CC)CC12OCCO2. The molecular weight excluding hydrogens is 402 g/mol. The van der Waals surface area contributed by atoms with Crippen molar-refractivity contribution in [3.63, 3.8) is 0 Å². The number of nitrogens with zero attached hydrogens (tertiary/aromatic N) is 1. The van der Waals surface area contributed by atoms with Crippen LogP contribution in [0.4, 0.5) is 0 Å². The highest BCUT2D eigenvalue weighted by molar-refractivity contribution is 5.47. The Bertz CT molecular complexity index is 881. The van der Waals surface area contributed by atoms with Crippen molar-refractivity contribution in [1.29, 1.82) is 5.26 Å². The highest BCUT2D eigenvalue weighted by Gasteiger charge is 2.64. The zero-order chi connectivity index (χ0) is 22.8. The van der Waals surface area contributed by atoms with Crippen LogP contribution in [0.1, 0.15) is 79.1 Å². The van der Waals surface area contributed by atoms with E-state index in [0.29, 0.717) is 44.5 Å². The molecule has 0 aromatic heterocycles. The van der Waals surface area contributed by atoms with Gasteiger partial charge in [-0.25, -0.2) is 0 Å². The average molecular weight is 442 g/mol. The van der Waals surface area contributed by atoms with Gasteiger partial charge < -0.3 is 19.3 Å². The van der Waals surface area contributed by atoms with Crippen molar-refractivity contribution >= 4 is 0 Å². The van der Waals surface area contributed by atoms with Crippen molar-refractivity contribution in [3.8, 4) is 6.07 Å². The van der Waals surface area contributed by atoms with Crippen LogP contribution in [0.25, 0.3) is 0 Å². The van der Waals surface area contributed by atoms with Crippen molar-refractivity contribution in [2.45, 2.75) is 96.6 Å². The summed E-state index contributed by atoms with van der Waals surface area (Å²) >= 11 is 0. The molecule has 4 aliphatic carbocycles. The molecule has 5 nitrogen and oxygen atoms in total. The van der Waals surface area contributed by atoms with E-state index < -0.39 is 11.4 Å². The Kier molecular flexibility index (Phi) is 5.41. The number of hydrogen-bond acceptors (Lipinski definition) is 5. The summed E-state index contributed by atoms with van der Waals surface area (Å²) in [5.41, 5.74) is 2.79. The summed E-state index contributed by atoms with van der Waals surface area (Å²) in [4.78, 5) is 0. The van der Waals surface area contributed by atoms with Crippen molar-refractivity contribution in [2.75, 3.05) is 19.8 Å². The molecular formula is C27H39NO4. The summed E-state index contributed by atoms with van der Waals surface area (Å²) in [6.45, 7) is 10.1. The van der Waals surface area contributed by atoms with Crippen LogP contribution in [0.3, 0.4) is 0 Å². The zero-order valence-corrected chi connectivity index (χ0v) is 20.2. The van der Waals surface area contributed by atoms with Crippen molar-refractivity contribution < 1.29 is 19.3 Å². The van der Waals surface area contributed by atoms with Crippen LogP contribution in [0, 0.1) is 34.0 Å². The largest absolute Gasteiger partial charge is 0.381 e. The lowest BCUT2D eigenvalue weighted by Gasteiger charge is -2.54. The fraction of sp³-hybridized carbons (Fsp3) is 0.815. The molecule has 0 amide bonds. The zero-order valence-electron chi connectivity index (χ0n) is 20.2. The van der Waals surface area contributed by atoms with Gasteiger partial charge in [0.15, 0.2) is 0 Å². The molecule has 2 unspecified atom stereocenters. The summed E-state index contributed by atoms with van der Waals surface area (Å²) in [6, 6.07) is 2.76. The van der Waals surface area contributed by atoms with E-state index in [-0.39, 0.29) is 16.9 Å². The molecule has 1 spiro atoms. The Morgan fingerprint density at radius 2 is 2.00 bits per heavy atom. The number of hydrogen-bond donors (Lipinski definition) is 1. The monoisotopic (exact) mass is 441 g/mol. The third-order valence-corrected chi connectivity index (χ3v) is 10.2. The summed E-state index contributed by atoms with van der Waals surface area (Å²) in [5.74, 6) is 0.0338. The topological polar surface area (TPSA) is 71.7 Å². The first-order valence-corrected chi connectivity index (χ1v) is 12.7. The second-order valence-corrected chi connectivity index (χ2v) is 11.0. The van der Waals surface area contributed by atoms with E-state index >= 15 is 0 Å². The van der Waals surface area contributed by atoms with E-state index in [1.165, 1.54) is 16.7 Å². The molecule has 0 aromatic rings. The van der Waals surface area contributed by atoms with Gasteiger partial charge in [0.1, 0.15) is 5.60 Å². The molecule has 1 saturated heterocycles. The van der Waals surface area contributed by atoms with Gasteiger partial charge in [-0.3, -0.25) is 0 Å². The summed E-state index contributed by atoms with van der Waals surface area (Å²) < 4.78 is 18.2. The quantitative estimate of drug-likeness (QED) is 0.661. The Hall–Kier alpha value is -1.19. The Morgan fingerprint density at radius 1 is 1.25 bits per heavy atom. The molecule has 1 N–H and O–H groups in total. The van der Waals surface area contributed by atoms with Gasteiger partial charge in [0.05, 0.1) is 30.8 Å². The van der Waals surface area contributed by atoms with E-state index in [1.807, 2.05) is 13.8 Å². The molecule has 1 aliphatic heterocycles. The minimum absolute atomic E-state index is 0.0468. The molecule has 2 fully saturated rings. The lowest BCUT2D eigenvalue weighted by Crippen LogP contribution is -2.64. The highest BCUT2D eigenvalue weighted by atomic mass is 16.8. The number of aliphatic hydroxyl groups is 1. The maximum absolute atomic E-state index is 12.1. The Morgan fingerprint density at radius 3 is 2.66 bits per heavy atom. The fourth-order valence-corrected chi connectivity index (χ4v) is 8.18.